The molecule has 130 valence electrons. The Bertz CT molecular complexity index is 761. The van der Waals surface area contributed by atoms with Crippen molar-refractivity contribution >= 4 is 11.9 Å². The molecular weight excluding hydrogens is 322 g/mol. The summed E-state index contributed by atoms with van der Waals surface area (Å²) in [6.07, 6.45) is -1.36. The first-order chi connectivity index (χ1) is 12.0. The van der Waals surface area contributed by atoms with E-state index in [1.54, 1.807) is 43.3 Å². The fraction of sp³-hybridized carbons (Fsp3) is 0.263. The number of amides is 1. The van der Waals surface area contributed by atoms with Gasteiger partial charge in [0.1, 0.15) is 11.5 Å². The predicted octanol–water partition coefficient (Wildman–Crippen LogP) is 2.79. The van der Waals surface area contributed by atoms with Crippen LogP contribution in [0.2, 0.25) is 0 Å². The molecule has 1 heterocycles. The van der Waals surface area contributed by atoms with Gasteiger partial charge in [0.2, 0.25) is 0 Å². The molecule has 0 saturated carbocycles. The Labute approximate surface area is 145 Å². The highest BCUT2D eigenvalue weighted by atomic mass is 16.5. The fourth-order valence-electron chi connectivity index (χ4n) is 2.77. The summed E-state index contributed by atoms with van der Waals surface area (Å²) in [5.41, 5.74) is 0.393. The van der Waals surface area contributed by atoms with Crippen LogP contribution >= 0.6 is 0 Å². The number of rotatable bonds is 4. The summed E-state index contributed by atoms with van der Waals surface area (Å²) >= 11 is 0. The SMILES string of the molecule is C[C@@H]1CN(C(=O)c2ccccc2Oc2ccccc2)CC(C(=O)O)O1. The van der Waals surface area contributed by atoms with E-state index in [1.165, 1.54) is 4.90 Å². The van der Waals surface area contributed by atoms with Crippen molar-refractivity contribution in [2.45, 2.75) is 19.1 Å². The molecule has 0 bridgehead atoms. The molecule has 1 saturated heterocycles. The molecule has 6 heteroatoms. The van der Waals surface area contributed by atoms with Crippen molar-refractivity contribution in [1.82, 2.24) is 4.90 Å². The maximum absolute atomic E-state index is 12.9. The van der Waals surface area contributed by atoms with Gasteiger partial charge in [-0.3, -0.25) is 4.79 Å². The van der Waals surface area contributed by atoms with Crippen molar-refractivity contribution in [3.8, 4) is 11.5 Å². The minimum absolute atomic E-state index is 0.0121. The zero-order valence-corrected chi connectivity index (χ0v) is 13.8. The van der Waals surface area contributed by atoms with Gasteiger partial charge in [0, 0.05) is 6.54 Å². The lowest BCUT2D eigenvalue weighted by Crippen LogP contribution is -2.51. The molecule has 0 spiro atoms. The summed E-state index contributed by atoms with van der Waals surface area (Å²) in [6.45, 7) is 2.10. The first-order valence-electron chi connectivity index (χ1n) is 8.04. The molecule has 0 radical (unpaired) electrons. The van der Waals surface area contributed by atoms with Crippen molar-refractivity contribution in [2.75, 3.05) is 13.1 Å². The van der Waals surface area contributed by atoms with Gasteiger partial charge in [-0.25, -0.2) is 4.79 Å². The molecule has 1 N–H and O–H groups in total. The highest BCUT2D eigenvalue weighted by Gasteiger charge is 2.33. The van der Waals surface area contributed by atoms with E-state index in [2.05, 4.69) is 0 Å². The van der Waals surface area contributed by atoms with E-state index >= 15 is 0 Å². The molecule has 1 amide bonds. The van der Waals surface area contributed by atoms with Gasteiger partial charge in [0.25, 0.3) is 5.91 Å². The minimum Gasteiger partial charge on any atom is -0.479 e. The van der Waals surface area contributed by atoms with Gasteiger partial charge < -0.3 is 19.5 Å². The number of hydrogen-bond donors (Lipinski definition) is 1. The highest BCUT2D eigenvalue weighted by Crippen LogP contribution is 2.27. The summed E-state index contributed by atoms with van der Waals surface area (Å²) in [5.74, 6) is -0.280. The molecule has 2 aromatic rings. The number of benzene rings is 2. The van der Waals surface area contributed by atoms with Crippen molar-refractivity contribution in [3.63, 3.8) is 0 Å². The smallest absolute Gasteiger partial charge is 0.334 e. The Balaban J connectivity index is 1.83. The van der Waals surface area contributed by atoms with E-state index in [0.29, 0.717) is 23.6 Å². The van der Waals surface area contributed by atoms with Crippen LogP contribution in [0, 0.1) is 0 Å². The highest BCUT2D eigenvalue weighted by molar-refractivity contribution is 5.97. The number of para-hydroxylation sites is 2. The van der Waals surface area contributed by atoms with E-state index in [1.807, 2.05) is 18.2 Å². The van der Waals surface area contributed by atoms with Crippen LogP contribution in [0.3, 0.4) is 0 Å². The van der Waals surface area contributed by atoms with E-state index in [-0.39, 0.29) is 18.6 Å². The third-order valence-corrected chi connectivity index (χ3v) is 3.91. The number of morpholine rings is 1. The zero-order valence-electron chi connectivity index (χ0n) is 13.8. The second kappa shape index (κ2) is 7.36. The first-order valence-corrected chi connectivity index (χ1v) is 8.04. The van der Waals surface area contributed by atoms with Crippen LogP contribution in [0.5, 0.6) is 11.5 Å². The number of ether oxygens (including phenoxy) is 2. The number of carboxylic acid groups (broad SMARTS) is 1. The maximum Gasteiger partial charge on any atom is 0.334 e. The molecule has 2 atom stereocenters. The number of carbonyl (C=O) groups excluding carboxylic acids is 1. The lowest BCUT2D eigenvalue weighted by molar-refractivity contribution is -0.160. The Hall–Kier alpha value is -2.86. The molecule has 0 aromatic heterocycles. The summed E-state index contributed by atoms with van der Waals surface area (Å²) in [7, 11) is 0. The third kappa shape index (κ3) is 3.97. The molecule has 6 nitrogen and oxygen atoms in total. The summed E-state index contributed by atoms with van der Waals surface area (Å²) < 4.78 is 11.2. The molecule has 1 aliphatic heterocycles. The van der Waals surface area contributed by atoms with Crippen LogP contribution in [0.25, 0.3) is 0 Å². The standard InChI is InChI=1S/C19H19NO5/c1-13-11-20(12-17(24-13)19(22)23)18(21)15-9-5-6-10-16(15)25-14-7-3-2-4-8-14/h2-10,13,17H,11-12H2,1H3,(H,22,23)/t13-,17?/m1/s1. The van der Waals surface area contributed by atoms with E-state index < -0.39 is 12.1 Å². The summed E-state index contributed by atoms with van der Waals surface area (Å²) in [6, 6.07) is 16.1. The molecule has 3 rings (SSSR count). The number of carbonyl (C=O) groups is 2. The maximum atomic E-state index is 12.9. The van der Waals surface area contributed by atoms with Crippen molar-refractivity contribution in [1.29, 1.82) is 0 Å². The van der Waals surface area contributed by atoms with Gasteiger partial charge in [0.15, 0.2) is 6.10 Å². The summed E-state index contributed by atoms with van der Waals surface area (Å²) in [4.78, 5) is 25.6. The number of hydrogen-bond acceptors (Lipinski definition) is 4. The van der Waals surface area contributed by atoms with Crippen molar-refractivity contribution in [3.05, 3.63) is 60.2 Å². The predicted molar refractivity (Wildman–Crippen MR) is 90.8 cm³/mol. The largest absolute Gasteiger partial charge is 0.479 e. The lowest BCUT2D eigenvalue weighted by atomic mass is 10.1. The average molecular weight is 341 g/mol. The third-order valence-electron chi connectivity index (χ3n) is 3.91. The topological polar surface area (TPSA) is 76.1 Å². The fourth-order valence-corrected chi connectivity index (χ4v) is 2.77. The second-order valence-electron chi connectivity index (χ2n) is 5.89. The molecule has 0 aliphatic carbocycles. The van der Waals surface area contributed by atoms with E-state index in [9.17, 15) is 14.7 Å². The molecule has 25 heavy (non-hydrogen) atoms. The first kappa shape index (κ1) is 17.0. The van der Waals surface area contributed by atoms with Crippen LogP contribution in [-0.2, 0) is 9.53 Å². The Morgan fingerprint density at radius 3 is 2.48 bits per heavy atom. The minimum atomic E-state index is -1.07. The average Bonchev–Trinajstić information content (AvgIpc) is 2.62. The monoisotopic (exact) mass is 341 g/mol. The van der Waals surface area contributed by atoms with Gasteiger partial charge in [-0.2, -0.15) is 0 Å². The van der Waals surface area contributed by atoms with Crippen LogP contribution in [0.15, 0.2) is 54.6 Å². The quantitative estimate of drug-likeness (QED) is 0.925. The van der Waals surface area contributed by atoms with Gasteiger partial charge in [-0.15, -0.1) is 0 Å². The number of carboxylic acids is 1. The van der Waals surface area contributed by atoms with Crippen LogP contribution in [0.1, 0.15) is 17.3 Å². The number of nitrogens with zero attached hydrogens (tertiary/aromatic N) is 1. The van der Waals surface area contributed by atoms with Gasteiger partial charge in [-0.05, 0) is 31.2 Å². The van der Waals surface area contributed by atoms with Crippen LogP contribution in [-0.4, -0.2) is 47.2 Å². The molecule has 1 aliphatic rings. The van der Waals surface area contributed by atoms with Crippen molar-refractivity contribution < 1.29 is 24.2 Å². The molecule has 2 aromatic carbocycles. The van der Waals surface area contributed by atoms with Crippen LogP contribution in [0.4, 0.5) is 0 Å². The zero-order chi connectivity index (χ0) is 17.8. The van der Waals surface area contributed by atoms with Gasteiger partial charge >= 0.3 is 5.97 Å². The normalized spacial score (nSPS) is 20.1. The van der Waals surface area contributed by atoms with E-state index in [4.69, 9.17) is 9.47 Å². The second-order valence-corrected chi connectivity index (χ2v) is 5.89. The molecule has 1 fully saturated rings. The summed E-state index contributed by atoms with van der Waals surface area (Å²) in [5, 5.41) is 9.19. The van der Waals surface area contributed by atoms with Crippen LogP contribution < -0.4 is 4.74 Å². The van der Waals surface area contributed by atoms with Gasteiger partial charge in [-0.1, -0.05) is 30.3 Å². The van der Waals surface area contributed by atoms with Gasteiger partial charge in [0.05, 0.1) is 18.2 Å². The molecular formula is C19H19NO5. The Morgan fingerprint density at radius 2 is 1.76 bits per heavy atom. The Morgan fingerprint density at radius 1 is 1.08 bits per heavy atom. The molecule has 1 unspecified atom stereocenters. The Kier molecular flexibility index (Phi) is 5.00. The van der Waals surface area contributed by atoms with Crippen molar-refractivity contribution in [2.24, 2.45) is 0 Å². The lowest BCUT2D eigenvalue weighted by Gasteiger charge is -2.35. The number of aliphatic carboxylic acids is 1. The van der Waals surface area contributed by atoms with E-state index in [0.717, 1.165) is 0 Å².